The van der Waals surface area contributed by atoms with Gasteiger partial charge in [-0.2, -0.15) is 10.2 Å². The van der Waals surface area contributed by atoms with Crippen LogP contribution in [0.5, 0.6) is 11.5 Å². The van der Waals surface area contributed by atoms with Crippen LogP contribution in [0.15, 0.2) is 72.1 Å². The molecule has 2 heterocycles. The number of hydrogen-bond acceptors (Lipinski definition) is 6. The fourth-order valence-electron chi connectivity index (χ4n) is 3.19. The Morgan fingerprint density at radius 1 is 1.13 bits per heavy atom. The third-order valence-electron chi connectivity index (χ3n) is 4.74. The Labute approximate surface area is 172 Å². The van der Waals surface area contributed by atoms with E-state index in [0.717, 1.165) is 23.3 Å². The van der Waals surface area contributed by atoms with E-state index in [4.69, 9.17) is 16.3 Å². The summed E-state index contributed by atoms with van der Waals surface area (Å²) < 4.78 is 7.46. The highest BCUT2D eigenvalue weighted by molar-refractivity contribution is 6.06. The van der Waals surface area contributed by atoms with Gasteiger partial charge in [0.05, 0.1) is 23.0 Å². The molecule has 30 heavy (non-hydrogen) atoms. The lowest BCUT2D eigenvalue weighted by atomic mass is 10.1. The quantitative estimate of drug-likeness (QED) is 0.150. The highest BCUT2D eigenvalue weighted by Crippen LogP contribution is 2.31. The molecular weight excluding hydrogens is 380 g/mol. The summed E-state index contributed by atoms with van der Waals surface area (Å²) in [6.07, 6.45) is 4.02. The third-order valence-corrected chi connectivity index (χ3v) is 4.74. The zero-order chi connectivity index (χ0) is 21.1. The lowest BCUT2D eigenvalue weighted by Crippen LogP contribution is -2.18. The van der Waals surface area contributed by atoms with Crippen molar-refractivity contribution in [1.82, 2.24) is 9.61 Å². The Morgan fingerprint density at radius 3 is 2.50 bits per heavy atom. The first-order chi connectivity index (χ1) is 14.6. The molecule has 0 unspecified atom stereocenters. The largest absolute Gasteiger partial charge is 0.457 e. The Bertz CT molecular complexity index is 1230. The number of nitrogens with zero attached hydrogens (tertiary/aromatic N) is 3. The number of rotatable bonds is 6. The molecule has 0 radical (unpaired) electrons. The number of para-hydroxylation sites is 1. The molecule has 0 bridgehead atoms. The molecule has 5 N–H and O–H groups in total. The standard InChI is InChI=1S/C22H20N6O2/c1-14-15(13-29)12-28-21(14)20(19(11-25-28)22(23)27-24)26-16-7-9-18(10-8-16)30-17-5-3-2-4-6-17/h2-13,26H,24H2,1H3,(H2,23,27). The zero-order valence-electron chi connectivity index (χ0n) is 16.2. The van der Waals surface area contributed by atoms with Crippen LogP contribution < -0.4 is 21.6 Å². The molecule has 0 spiro atoms. The number of aryl methyl sites for hydroxylation is 1. The summed E-state index contributed by atoms with van der Waals surface area (Å²) in [5.41, 5.74) is 9.99. The Morgan fingerprint density at radius 2 is 1.83 bits per heavy atom. The van der Waals surface area contributed by atoms with E-state index in [9.17, 15) is 4.79 Å². The molecule has 8 nitrogen and oxygen atoms in total. The number of carbonyl (C=O) groups is 1. The lowest BCUT2D eigenvalue weighted by Gasteiger charge is -2.14. The molecule has 0 amide bonds. The van der Waals surface area contributed by atoms with E-state index in [1.54, 1.807) is 16.9 Å². The molecule has 0 saturated heterocycles. The minimum absolute atomic E-state index is 0.129. The van der Waals surface area contributed by atoms with E-state index in [-0.39, 0.29) is 5.84 Å². The first kappa shape index (κ1) is 19.0. The number of benzene rings is 2. The number of fused-ring (bicyclic) bond motifs is 1. The van der Waals surface area contributed by atoms with Crippen LogP contribution in [0.25, 0.3) is 5.52 Å². The van der Waals surface area contributed by atoms with Crippen molar-refractivity contribution in [2.75, 3.05) is 5.32 Å². The van der Waals surface area contributed by atoms with Crippen LogP contribution in [0, 0.1) is 6.92 Å². The predicted octanol–water partition coefficient (Wildman–Crippen LogP) is 3.57. The van der Waals surface area contributed by atoms with Crippen LogP contribution in [0.2, 0.25) is 0 Å². The van der Waals surface area contributed by atoms with Gasteiger partial charge in [0.1, 0.15) is 11.5 Å². The number of aldehydes is 1. The zero-order valence-corrected chi connectivity index (χ0v) is 16.2. The summed E-state index contributed by atoms with van der Waals surface area (Å²) >= 11 is 0. The molecule has 0 aliphatic carbocycles. The van der Waals surface area contributed by atoms with E-state index < -0.39 is 0 Å². The number of ether oxygens (including phenoxy) is 1. The molecule has 0 saturated carbocycles. The van der Waals surface area contributed by atoms with Crippen molar-refractivity contribution >= 4 is 29.0 Å². The molecular formula is C22H20N6O2. The van der Waals surface area contributed by atoms with Crippen molar-refractivity contribution in [3.8, 4) is 11.5 Å². The van der Waals surface area contributed by atoms with Gasteiger partial charge in [-0.15, -0.1) is 0 Å². The van der Waals surface area contributed by atoms with Crippen LogP contribution in [0.1, 0.15) is 21.5 Å². The summed E-state index contributed by atoms with van der Waals surface area (Å²) in [6, 6.07) is 17.0. The van der Waals surface area contributed by atoms with Gasteiger partial charge in [0.25, 0.3) is 0 Å². The van der Waals surface area contributed by atoms with Crippen LogP contribution in [-0.2, 0) is 0 Å². The first-order valence-electron chi connectivity index (χ1n) is 9.20. The van der Waals surface area contributed by atoms with Gasteiger partial charge >= 0.3 is 0 Å². The van der Waals surface area contributed by atoms with Crippen LogP contribution in [0.3, 0.4) is 0 Å². The van der Waals surface area contributed by atoms with Gasteiger partial charge in [-0.05, 0) is 48.9 Å². The number of anilines is 2. The molecule has 0 aliphatic rings. The van der Waals surface area contributed by atoms with Crippen molar-refractivity contribution < 1.29 is 9.53 Å². The minimum atomic E-state index is 0.129. The second-order valence-corrected chi connectivity index (χ2v) is 6.63. The fraction of sp³-hybridized carbons (Fsp3) is 0.0455. The maximum Gasteiger partial charge on any atom is 0.154 e. The van der Waals surface area contributed by atoms with Crippen molar-refractivity contribution in [3.63, 3.8) is 0 Å². The summed E-state index contributed by atoms with van der Waals surface area (Å²) in [7, 11) is 0. The van der Waals surface area contributed by atoms with Crippen molar-refractivity contribution in [2.24, 2.45) is 16.7 Å². The lowest BCUT2D eigenvalue weighted by molar-refractivity contribution is 0.112. The third kappa shape index (κ3) is 3.53. The highest BCUT2D eigenvalue weighted by Gasteiger charge is 2.17. The van der Waals surface area contributed by atoms with Crippen LogP contribution >= 0.6 is 0 Å². The van der Waals surface area contributed by atoms with E-state index in [1.165, 1.54) is 0 Å². The molecule has 2 aromatic heterocycles. The van der Waals surface area contributed by atoms with E-state index >= 15 is 0 Å². The van der Waals surface area contributed by atoms with E-state index in [2.05, 4.69) is 15.5 Å². The van der Waals surface area contributed by atoms with E-state index in [1.807, 2.05) is 61.5 Å². The second kappa shape index (κ2) is 7.96. The van der Waals surface area contributed by atoms with Crippen LogP contribution in [0.4, 0.5) is 11.4 Å². The SMILES string of the molecule is Cc1c(C=O)cn2ncc(/C(N)=N/N)c(Nc3ccc(Oc4ccccc4)cc3)c12. The number of amidine groups is 1. The number of aromatic nitrogens is 2. The fourth-order valence-corrected chi connectivity index (χ4v) is 3.19. The number of hydrazone groups is 1. The number of nitrogens with one attached hydrogen (secondary N) is 1. The summed E-state index contributed by atoms with van der Waals surface area (Å²) in [5.74, 6) is 6.99. The van der Waals surface area contributed by atoms with Gasteiger partial charge in [0.2, 0.25) is 0 Å². The molecule has 0 fully saturated rings. The van der Waals surface area contributed by atoms with Gasteiger partial charge in [-0.25, -0.2) is 4.52 Å². The monoisotopic (exact) mass is 400 g/mol. The van der Waals surface area contributed by atoms with E-state index in [0.29, 0.717) is 28.1 Å². The number of hydrogen-bond donors (Lipinski definition) is 3. The Balaban J connectivity index is 1.72. The summed E-state index contributed by atoms with van der Waals surface area (Å²) in [5, 5.41) is 11.3. The van der Waals surface area contributed by atoms with Gasteiger partial charge in [0, 0.05) is 17.4 Å². The normalized spacial score (nSPS) is 11.4. The van der Waals surface area contributed by atoms with Gasteiger partial charge in [-0.3, -0.25) is 4.79 Å². The van der Waals surface area contributed by atoms with Crippen LogP contribution in [-0.4, -0.2) is 21.7 Å². The average Bonchev–Trinajstić information content (AvgIpc) is 3.11. The minimum Gasteiger partial charge on any atom is -0.457 e. The van der Waals surface area contributed by atoms with Crippen molar-refractivity contribution in [1.29, 1.82) is 0 Å². The number of carbonyl (C=O) groups excluding carboxylic acids is 1. The van der Waals surface area contributed by atoms with Gasteiger partial charge < -0.3 is 21.6 Å². The predicted molar refractivity (Wildman–Crippen MR) is 116 cm³/mol. The van der Waals surface area contributed by atoms with Gasteiger partial charge in [0.15, 0.2) is 12.1 Å². The molecule has 0 atom stereocenters. The Kier molecular flexibility index (Phi) is 5.04. The summed E-state index contributed by atoms with van der Waals surface area (Å²) in [4.78, 5) is 11.4. The molecule has 150 valence electrons. The van der Waals surface area contributed by atoms with Crippen molar-refractivity contribution in [2.45, 2.75) is 6.92 Å². The number of nitrogens with two attached hydrogens (primary N) is 2. The molecule has 8 heteroatoms. The van der Waals surface area contributed by atoms with Crippen molar-refractivity contribution in [3.05, 3.63) is 83.7 Å². The maximum atomic E-state index is 11.4. The highest BCUT2D eigenvalue weighted by atomic mass is 16.5. The topological polar surface area (TPSA) is 120 Å². The smallest absolute Gasteiger partial charge is 0.154 e. The first-order valence-corrected chi connectivity index (χ1v) is 9.20. The molecule has 4 rings (SSSR count). The summed E-state index contributed by atoms with van der Waals surface area (Å²) in [6.45, 7) is 1.85. The Hall–Kier alpha value is -4.33. The second-order valence-electron chi connectivity index (χ2n) is 6.63. The molecule has 2 aromatic carbocycles. The molecule has 4 aromatic rings. The molecule has 0 aliphatic heterocycles. The van der Waals surface area contributed by atoms with Gasteiger partial charge in [-0.1, -0.05) is 18.2 Å². The average molecular weight is 400 g/mol. The maximum absolute atomic E-state index is 11.4.